The summed E-state index contributed by atoms with van der Waals surface area (Å²) in [6, 6.07) is 6.47. The van der Waals surface area contributed by atoms with Gasteiger partial charge in [-0.05, 0) is 30.3 Å². The zero-order chi connectivity index (χ0) is 15.4. The lowest BCUT2D eigenvalue weighted by atomic mass is 10.1. The summed E-state index contributed by atoms with van der Waals surface area (Å²) in [7, 11) is 0. The Bertz CT molecular complexity index is 703. The van der Waals surface area contributed by atoms with E-state index >= 15 is 0 Å². The molecule has 21 heavy (non-hydrogen) atoms. The fraction of sp³-hybridized carbons (Fsp3) is 0.0714. The highest BCUT2D eigenvalue weighted by Crippen LogP contribution is 2.17. The summed E-state index contributed by atoms with van der Waals surface area (Å²) >= 11 is 0. The van der Waals surface area contributed by atoms with Crippen molar-refractivity contribution in [1.29, 1.82) is 0 Å². The van der Waals surface area contributed by atoms with Gasteiger partial charge in [0.2, 0.25) is 5.91 Å². The van der Waals surface area contributed by atoms with E-state index in [-0.39, 0.29) is 23.4 Å². The van der Waals surface area contributed by atoms with E-state index in [1.807, 2.05) is 0 Å². The molecule has 0 atom stereocenters. The molecule has 0 unspecified atom stereocenters. The molecule has 0 saturated carbocycles. The van der Waals surface area contributed by atoms with Crippen LogP contribution in [-0.4, -0.2) is 16.8 Å². The second kappa shape index (κ2) is 6.10. The minimum Gasteiger partial charge on any atom is -0.366 e. The average Bonchev–Trinajstić information content (AvgIpc) is 2.49. The molecule has 2 rings (SSSR count). The Balaban J connectivity index is 2.26. The van der Waals surface area contributed by atoms with Crippen LogP contribution in [0, 0.1) is 5.82 Å². The first-order chi connectivity index (χ1) is 10.0. The van der Waals surface area contributed by atoms with Gasteiger partial charge in [-0.1, -0.05) is 0 Å². The molecule has 1 aromatic heterocycles. The molecule has 2 aromatic rings. The third kappa shape index (κ3) is 3.40. The number of hydrogen-bond acceptors (Lipinski definition) is 4. The third-order valence-electron chi connectivity index (χ3n) is 2.79. The molecule has 0 radical (unpaired) electrons. The largest absolute Gasteiger partial charge is 0.366 e. The van der Waals surface area contributed by atoms with Crippen LogP contribution in [0.3, 0.4) is 0 Å². The van der Waals surface area contributed by atoms with E-state index in [1.165, 1.54) is 30.5 Å². The molecular formula is C14H13FN4O2. The maximum Gasteiger partial charge on any atom is 0.255 e. The zero-order valence-corrected chi connectivity index (χ0v) is 11.0. The van der Waals surface area contributed by atoms with Crippen LogP contribution in [0.25, 0.3) is 0 Å². The molecule has 0 aliphatic rings. The van der Waals surface area contributed by atoms with Gasteiger partial charge >= 0.3 is 0 Å². The number of rotatable bonds is 4. The standard InChI is InChI=1S/C14H13FN4O2/c15-11-2-1-8(13(17)20)6-12(11)19-14(21)9-3-4-18-10(5-9)7-16/h1-6H,7,16H2,(H2,17,20)(H,19,21). The molecule has 108 valence electrons. The van der Waals surface area contributed by atoms with Crippen molar-refractivity contribution >= 4 is 17.5 Å². The van der Waals surface area contributed by atoms with Crippen molar-refractivity contribution in [3.05, 3.63) is 59.2 Å². The topological polar surface area (TPSA) is 111 Å². The lowest BCUT2D eigenvalue weighted by Crippen LogP contribution is -2.16. The first-order valence-corrected chi connectivity index (χ1v) is 6.07. The number of nitrogens with zero attached hydrogens (tertiary/aromatic N) is 1. The number of pyridine rings is 1. The molecule has 5 N–H and O–H groups in total. The number of nitrogens with two attached hydrogens (primary N) is 2. The summed E-state index contributed by atoms with van der Waals surface area (Å²) in [6.07, 6.45) is 1.44. The van der Waals surface area contributed by atoms with Crippen LogP contribution >= 0.6 is 0 Å². The lowest BCUT2D eigenvalue weighted by molar-refractivity contribution is 0.0996. The first-order valence-electron chi connectivity index (χ1n) is 6.07. The van der Waals surface area contributed by atoms with Gasteiger partial charge in [-0.25, -0.2) is 4.39 Å². The second-order valence-electron chi connectivity index (χ2n) is 4.25. The van der Waals surface area contributed by atoms with E-state index in [0.717, 1.165) is 6.07 Å². The predicted octanol–water partition coefficient (Wildman–Crippen LogP) is 1.03. The van der Waals surface area contributed by atoms with Crippen LogP contribution in [-0.2, 0) is 6.54 Å². The fourth-order valence-corrected chi connectivity index (χ4v) is 1.70. The van der Waals surface area contributed by atoms with E-state index in [4.69, 9.17) is 11.5 Å². The van der Waals surface area contributed by atoms with Gasteiger partial charge in [0, 0.05) is 23.9 Å². The van der Waals surface area contributed by atoms with Gasteiger partial charge in [0.25, 0.3) is 5.91 Å². The quantitative estimate of drug-likeness (QED) is 0.780. The van der Waals surface area contributed by atoms with E-state index in [9.17, 15) is 14.0 Å². The normalized spacial score (nSPS) is 10.2. The number of hydrogen-bond donors (Lipinski definition) is 3. The summed E-state index contributed by atoms with van der Waals surface area (Å²) in [5.74, 6) is -1.91. The summed E-state index contributed by atoms with van der Waals surface area (Å²) in [5, 5.41) is 2.38. The van der Waals surface area contributed by atoms with Crippen molar-refractivity contribution in [2.45, 2.75) is 6.54 Å². The molecule has 0 aliphatic heterocycles. The Labute approximate surface area is 120 Å². The minimum atomic E-state index is -0.708. The van der Waals surface area contributed by atoms with Crippen LogP contribution in [0.15, 0.2) is 36.5 Å². The Hall–Kier alpha value is -2.80. The Morgan fingerprint density at radius 1 is 1.19 bits per heavy atom. The Morgan fingerprint density at radius 2 is 1.95 bits per heavy atom. The molecule has 0 bridgehead atoms. The van der Waals surface area contributed by atoms with Crippen molar-refractivity contribution in [3.8, 4) is 0 Å². The van der Waals surface area contributed by atoms with Crippen LogP contribution in [0.2, 0.25) is 0 Å². The van der Waals surface area contributed by atoms with E-state index in [0.29, 0.717) is 5.69 Å². The van der Waals surface area contributed by atoms with Crippen LogP contribution in [0.4, 0.5) is 10.1 Å². The van der Waals surface area contributed by atoms with Gasteiger partial charge in [-0.15, -0.1) is 0 Å². The molecule has 0 fully saturated rings. The molecular weight excluding hydrogens is 275 g/mol. The van der Waals surface area contributed by atoms with Crippen molar-refractivity contribution in [1.82, 2.24) is 4.98 Å². The van der Waals surface area contributed by atoms with Crippen molar-refractivity contribution < 1.29 is 14.0 Å². The lowest BCUT2D eigenvalue weighted by Gasteiger charge is -2.08. The number of amides is 2. The predicted molar refractivity (Wildman–Crippen MR) is 75.0 cm³/mol. The molecule has 6 nitrogen and oxygen atoms in total. The molecule has 0 saturated heterocycles. The number of halogens is 1. The van der Waals surface area contributed by atoms with Crippen LogP contribution in [0.1, 0.15) is 26.4 Å². The minimum absolute atomic E-state index is 0.101. The van der Waals surface area contributed by atoms with Gasteiger partial charge in [0.05, 0.1) is 11.4 Å². The Kier molecular flexibility index (Phi) is 4.24. The number of carbonyl (C=O) groups is 2. The van der Waals surface area contributed by atoms with Crippen molar-refractivity contribution in [2.24, 2.45) is 11.5 Å². The van der Waals surface area contributed by atoms with E-state index in [2.05, 4.69) is 10.3 Å². The summed E-state index contributed by atoms with van der Waals surface area (Å²) < 4.78 is 13.7. The fourth-order valence-electron chi connectivity index (χ4n) is 1.70. The number of aromatic nitrogens is 1. The average molecular weight is 288 g/mol. The van der Waals surface area contributed by atoms with Crippen molar-refractivity contribution in [3.63, 3.8) is 0 Å². The SMILES string of the molecule is NCc1cc(C(=O)Nc2cc(C(N)=O)ccc2F)ccn1. The smallest absolute Gasteiger partial charge is 0.255 e. The zero-order valence-electron chi connectivity index (χ0n) is 11.0. The first kappa shape index (κ1) is 14.6. The van der Waals surface area contributed by atoms with Gasteiger partial charge in [0.1, 0.15) is 5.82 Å². The van der Waals surface area contributed by atoms with Crippen molar-refractivity contribution in [2.75, 3.05) is 5.32 Å². The van der Waals surface area contributed by atoms with Gasteiger partial charge in [-0.3, -0.25) is 14.6 Å². The highest BCUT2D eigenvalue weighted by atomic mass is 19.1. The van der Waals surface area contributed by atoms with Gasteiger partial charge in [-0.2, -0.15) is 0 Å². The summed E-state index contributed by atoms with van der Waals surface area (Å²) in [6.45, 7) is 0.187. The highest BCUT2D eigenvalue weighted by Gasteiger charge is 2.12. The van der Waals surface area contributed by atoms with Crippen LogP contribution in [0.5, 0.6) is 0 Å². The molecule has 2 amide bonds. The summed E-state index contributed by atoms with van der Waals surface area (Å²) in [4.78, 5) is 27.1. The molecule has 7 heteroatoms. The van der Waals surface area contributed by atoms with E-state index in [1.54, 1.807) is 0 Å². The maximum atomic E-state index is 13.7. The van der Waals surface area contributed by atoms with Gasteiger partial charge < -0.3 is 16.8 Å². The molecule has 0 spiro atoms. The number of anilines is 1. The van der Waals surface area contributed by atoms with E-state index < -0.39 is 17.6 Å². The molecule has 1 heterocycles. The Morgan fingerprint density at radius 3 is 2.62 bits per heavy atom. The maximum absolute atomic E-state index is 13.7. The number of benzene rings is 1. The number of nitrogens with one attached hydrogen (secondary N) is 1. The van der Waals surface area contributed by atoms with Crippen LogP contribution < -0.4 is 16.8 Å². The monoisotopic (exact) mass is 288 g/mol. The number of carbonyl (C=O) groups excluding carboxylic acids is 2. The second-order valence-corrected chi connectivity index (χ2v) is 4.25. The van der Waals surface area contributed by atoms with Gasteiger partial charge in [0.15, 0.2) is 0 Å². The highest BCUT2D eigenvalue weighted by molar-refractivity contribution is 6.05. The summed E-state index contributed by atoms with van der Waals surface area (Å²) in [5.41, 5.74) is 11.4. The number of primary amides is 1. The molecule has 1 aromatic carbocycles. The third-order valence-corrected chi connectivity index (χ3v) is 2.79. The molecule has 0 aliphatic carbocycles.